The van der Waals surface area contributed by atoms with E-state index in [1.165, 1.54) is 12.1 Å². The van der Waals surface area contributed by atoms with Gasteiger partial charge in [-0.2, -0.15) is 0 Å². The molecule has 1 saturated heterocycles. The Morgan fingerprint density at radius 3 is 2.18 bits per heavy atom. The Hall–Kier alpha value is -3.52. The van der Waals surface area contributed by atoms with Gasteiger partial charge in [-0.3, -0.25) is 9.52 Å². The predicted octanol–water partition coefficient (Wildman–Crippen LogP) is 3.52. The van der Waals surface area contributed by atoms with Crippen LogP contribution in [0.15, 0.2) is 83.8 Å². The van der Waals surface area contributed by atoms with Crippen LogP contribution in [0, 0.1) is 6.92 Å². The summed E-state index contributed by atoms with van der Waals surface area (Å²) in [5.41, 5.74) is 2.53. The number of benzene rings is 3. The van der Waals surface area contributed by atoms with Gasteiger partial charge in [0.15, 0.2) is 6.61 Å². The number of ether oxygens (including phenoxy) is 1. The van der Waals surface area contributed by atoms with Gasteiger partial charge in [-0.25, -0.2) is 8.42 Å². The smallest absolute Gasteiger partial charge is 0.261 e. The van der Waals surface area contributed by atoms with Crippen molar-refractivity contribution in [3.63, 3.8) is 0 Å². The van der Waals surface area contributed by atoms with Gasteiger partial charge in [0, 0.05) is 31.9 Å². The highest BCUT2D eigenvalue weighted by Crippen LogP contribution is 2.21. The quantitative estimate of drug-likeness (QED) is 0.578. The first kappa shape index (κ1) is 22.7. The van der Waals surface area contributed by atoms with E-state index in [1.807, 2.05) is 37.3 Å². The lowest BCUT2D eigenvalue weighted by molar-refractivity contribution is -0.133. The molecule has 1 heterocycles. The fourth-order valence-electron chi connectivity index (χ4n) is 3.70. The molecule has 1 aliphatic rings. The average molecular weight is 466 g/mol. The molecule has 0 aromatic heterocycles. The van der Waals surface area contributed by atoms with Crippen LogP contribution < -0.4 is 14.4 Å². The van der Waals surface area contributed by atoms with Gasteiger partial charge in [-0.1, -0.05) is 36.4 Å². The summed E-state index contributed by atoms with van der Waals surface area (Å²) in [5, 5.41) is 0. The number of carbonyl (C=O) groups is 1. The highest BCUT2D eigenvalue weighted by molar-refractivity contribution is 7.92. The Balaban J connectivity index is 1.29. The van der Waals surface area contributed by atoms with Crippen LogP contribution >= 0.6 is 0 Å². The van der Waals surface area contributed by atoms with Gasteiger partial charge >= 0.3 is 0 Å². The van der Waals surface area contributed by atoms with Crippen LogP contribution in [-0.4, -0.2) is 52.0 Å². The van der Waals surface area contributed by atoms with Gasteiger partial charge in [0.05, 0.1) is 10.6 Å². The molecule has 0 spiro atoms. The Morgan fingerprint density at radius 1 is 0.879 bits per heavy atom. The molecule has 33 heavy (non-hydrogen) atoms. The molecule has 3 aromatic rings. The standard InChI is InChI=1S/C25H27N3O4S/c1-20-7-5-6-10-24(20)26-33(30,31)23-13-11-22(12-14-23)32-19-25(29)28-17-15-27(16-18-28)21-8-3-2-4-9-21/h2-14,26H,15-19H2,1H3. The van der Waals surface area contributed by atoms with E-state index in [1.54, 1.807) is 29.2 Å². The first-order valence-corrected chi connectivity index (χ1v) is 12.3. The number of hydrogen-bond acceptors (Lipinski definition) is 5. The summed E-state index contributed by atoms with van der Waals surface area (Å²) in [4.78, 5) is 16.7. The molecule has 8 heteroatoms. The van der Waals surface area contributed by atoms with Gasteiger partial charge in [-0.15, -0.1) is 0 Å². The topological polar surface area (TPSA) is 78.9 Å². The maximum Gasteiger partial charge on any atom is 0.261 e. The maximum atomic E-state index is 12.7. The molecule has 0 atom stereocenters. The van der Waals surface area contributed by atoms with Crippen LogP contribution in [0.3, 0.4) is 0 Å². The zero-order chi connectivity index (χ0) is 23.3. The van der Waals surface area contributed by atoms with Crippen LogP contribution in [0.1, 0.15) is 5.56 Å². The first-order chi connectivity index (χ1) is 15.9. The third-order valence-electron chi connectivity index (χ3n) is 5.64. The van der Waals surface area contributed by atoms with Crippen LogP contribution in [-0.2, 0) is 14.8 Å². The average Bonchev–Trinajstić information content (AvgIpc) is 2.85. The minimum atomic E-state index is -3.71. The molecule has 0 saturated carbocycles. The number of nitrogens with zero attached hydrogens (tertiary/aromatic N) is 2. The lowest BCUT2D eigenvalue weighted by atomic mass is 10.2. The van der Waals surface area contributed by atoms with Gasteiger partial charge in [0.1, 0.15) is 5.75 Å². The second-order valence-corrected chi connectivity index (χ2v) is 9.57. The molecule has 172 valence electrons. The van der Waals surface area contributed by atoms with Crippen molar-refractivity contribution in [3.8, 4) is 5.75 Å². The van der Waals surface area contributed by atoms with Crippen LogP contribution in [0.4, 0.5) is 11.4 Å². The molecule has 1 amide bonds. The Labute approximate surface area is 194 Å². The zero-order valence-corrected chi connectivity index (χ0v) is 19.3. The van der Waals surface area contributed by atoms with E-state index in [-0.39, 0.29) is 17.4 Å². The van der Waals surface area contributed by atoms with Gasteiger partial charge < -0.3 is 14.5 Å². The number of carbonyl (C=O) groups excluding carboxylic acids is 1. The van der Waals surface area contributed by atoms with Crippen molar-refractivity contribution in [2.24, 2.45) is 0 Å². The van der Waals surface area contributed by atoms with Crippen LogP contribution in [0.2, 0.25) is 0 Å². The Morgan fingerprint density at radius 2 is 1.52 bits per heavy atom. The monoisotopic (exact) mass is 465 g/mol. The lowest BCUT2D eigenvalue weighted by Gasteiger charge is -2.36. The Kier molecular flexibility index (Phi) is 6.84. The second-order valence-electron chi connectivity index (χ2n) is 7.88. The summed E-state index contributed by atoms with van der Waals surface area (Å²) < 4.78 is 33.5. The fraction of sp³-hybridized carbons (Fsp3) is 0.240. The SMILES string of the molecule is Cc1ccccc1NS(=O)(=O)c1ccc(OCC(=O)N2CCN(c3ccccc3)CC2)cc1. The molecule has 1 N–H and O–H groups in total. The van der Waals surface area contributed by atoms with E-state index >= 15 is 0 Å². The minimum absolute atomic E-state index is 0.0828. The number of sulfonamides is 1. The van der Waals surface area contributed by atoms with E-state index in [4.69, 9.17) is 4.74 Å². The highest BCUT2D eigenvalue weighted by Gasteiger charge is 2.22. The summed E-state index contributed by atoms with van der Waals surface area (Å²) in [6.07, 6.45) is 0. The number of nitrogens with one attached hydrogen (secondary N) is 1. The maximum absolute atomic E-state index is 12.7. The molecule has 1 aliphatic heterocycles. The summed E-state index contributed by atoms with van der Waals surface area (Å²) in [7, 11) is -3.71. The number of para-hydroxylation sites is 2. The second kappa shape index (κ2) is 9.95. The van der Waals surface area contributed by atoms with Crippen molar-refractivity contribution in [3.05, 3.63) is 84.4 Å². The molecule has 0 aliphatic carbocycles. The van der Waals surface area contributed by atoms with Crippen molar-refractivity contribution < 1.29 is 17.9 Å². The van der Waals surface area contributed by atoms with Crippen LogP contribution in [0.25, 0.3) is 0 Å². The van der Waals surface area contributed by atoms with Crippen molar-refractivity contribution in [1.82, 2.24) is 4.90 Å². The van der Waals surface area contributed by atoms with Gasteiger partial charge in [-0.05, 0) is 55.0 Å². The van der Waals surface area contributed by atoms with E-state index in [2.05, 4.69) is 21.8 Å². The number of piperazine rings is 1. The number of rotatable bonds is 7. The van der Waals surface area contributed by atoms with E-state index in [9.17, 15) is 13.2 Å². The van der Waals surface area contributed by atoms with E-state index < -0.39 is 10.0 Å². The largest absolute Gasteiger partial charge is 0.484 e. The number of aryl methyl sites for hydroxylation is 1. The molecule has 7 nitrogen and oxygen atoms in total. The van der Waals surface area contributed by atoms with Crippen molar-refractivity contribution >= 4 is 27.3 Å². The molecule has 0 bridgehead atoms. The first-order valence-electron chi connectivity index (χ1n) is 10.8. The van der Waals surface area contributed by atoms with Crippen molar-refractivity contribution in [2.75, 3.05) is 42.4 Å². The number of hydrogen-bond donors (Lipinski definition) is 1. The van der Waals surface area contributed by atoms with E-state index in [0.717, 1.165) is 24.3 Å². The molecular formula is C25H27N3O4S. The summed E-state index contributed by atoms with van der Waals surface area (Å²) in [6.45, 7) is 4.58. The molecule has 4 rings (SSSR count). The molecule has 0 unspecified atom stereocenters. The fourth-order valence-corrected chi connectivity index (χ4v) is 4.83. The van der Waals surface area contributed by atoms with Gasteiger partial charge in [0.25, 0.3) is 15.9 Å². The van der Waals surface area contributed by atoms with E-state index in [0.29, 0.717) is 24.5 Å². The molecular weight excluding hydrogens is 438 g/mol. The normalized spacial score (nSPS) is 14.1. The summed E-state index contributed by atoms with van der Waals surface area (Å²) in [6, 6.07) is 23.4. The van der Waals surface area contributed by atoms with Crippen molar-refractivity contribution in [1.29, 1.82) is 0 Å². The Bertz CT molecular complexity index is 1190. The number of anilines is 2. The molecule has 0 radical (unpaired) electrons. The molecule has 1 fully saturated rings. The predicted molar refractivity (Wildman–Crippen MR) is 129 cm³/mol. The minimum Gasteiger partial charge on any atom is -0.484 e. The third-order valence-corrected chi connectivity index (χ3v) is 7.02. The van der Waals surface area contributed by atoms with Gasteiger partial charge in [0.2, 0.25) is 0 Å². The summed E-state index contributed by atoms with van der Waals surface area (Å²) >= 11 is 0. The highest BCUT2D eigenvalue weighted by atomic mass is 32.2. The summed E-state index contributed by atoms with van der Waals surface area (Å²) in [5.74, 6) is 0.363. The van der Waals surface area contributed by atoms with Crippen molar-refractivity contribution in [2.45, 2.75) is 11.8 Å². The number of amides is 1. The molecule has 3 aromatic carbocycles. The van der Waals surface area contributed by atoms with Crippen LogP contribution in [0.5, 0.6) is 5.75 Å². The lowest BCUT2D eigenvalue weighted by Crippen LogP contribution is -2.50. The zero-order valence-electron chi connectivity index (χ0n) is 18.5. The third kappa shape index (κ3) is 5.64.